The fraction of sp³-hybridized carbons (Fsp3) is 0.350. The van der Waals surface area contributed by atoms with Crippen LogP contribution in [0.2, 0.25) is 0 Å². The maximum Gasteiger partial charge on any atom is 0.291 e. The van der Waals surface area contributed by atoms with Crippen LogP contribution in [0.15, 0.2) is 51.0 Å². The number of amides is 1. The second kappa shape index (κ2) is 7.50. The summed E-state index contributed by atoms with van der Waals surface area (Å²) in [6, 6.07) is 8.68. The van der Waals surface area contributed by atoms with Crippen LogP contribution in [0.25, 0.3) is 0 Å². The van der Waals surface area contributed by atoms with Crippen molar-refractivity contribution in [3.63, 3.8) is 0 Å². The highest BCUT2D eigenvalue weighted by Crippen LogP contribution is 2.41. The molecule has 1 fully saturated rings. The highest BCUT2D eigenvalue weighted by atomic mass is 16.5. The number of rotatable bonds is 4. The normalized spacial score (nSPS) is 18.2. The summed E-state index contributed by atoms with van der Waals surface area (Å²) in [5.41, 5.74) is 13.0. The number of guanidine groups is 2. The molecule has 0 radical (unpaired) electrons. The average Bonchev–Trinajstić information content (AvgIpc) is 3.24. The number of ether oxygens (including phenoxy) is 1. The first kappa shape index (κ1) is 18.9. The number of aliphatic imine (C=N–C) groups is 2. The number of furan rings is 1. The minimum Gasteiger partial charge on any atom is -0.494 e. The fourth-order valence-electron chi connectivity index (χ4n) is 4.01. The second-order valence-corrected chi connectivity index (χ2v) is 7.13. The van der Waals surface area contributed by atoms with Gasteiger partial charge in [0.2, 0.25) is 11.9 Å². The summed E-state index contributed by atoms with van der Waals surface area (Å²) < 4.78 is 10.7. The van der Waals surface area contributed by atoms with Crippen LogP contribution in [0.4, 0.5) is 11.4 Å². The Balaban J connectivity index is 1.67. The van der Waals surface area contributed by atoms with Crippen LogP contribution in [0.5, 0.6) is 5.75 Å². The molecule has 1 spiro atoms. The summed E-state index contributed by atoms with van der Waals surface area (Å²) in [4.78, 5) is 23.1. The molecule has 0 atom stereocenters. The molecule has 1 amide bonds. The first-order valence-electron chi connectivity index (χ1n) is 9.55. The van der Waals surface area contributed by atoms with E-state index in [2.05, 4.69) is 15.3 Å². The fourth-order valence-corrected chi connectivity index (χ4v) is 4.01. The molecule has 29 heavy (non-hydrogen) atoms. The van der Waals surface area contributed by atoms with E-state index in [9.17, 15) is 4.79 Å². The Kier molecular flexibility index (Phi) is 4.87. The maximum absolute atomic E-state index is 12.3. The van der Waals surface area contributed by atoms with E-state index in [0.29, 0.717) is 17.4 Å². The topological polar surface area (TPSA) is 131 Å². The van der Waals surface area contributed by atoms with Gasteiger partial charge in [0.25, 0.3) is 5.91 Å². The van der Waals surface area contributed by atoms with Crippen LogP contribution in [0, 0.1) is 0 Å². The van der Waals surface area contributed by atoms with Gasteiger partial charge in [-0.25, -0.2) is 4.99 Å². The number of nitrogens with two attached hydrogens (primary N) is 2. The van der Waals surface area contributed by atoms with Crippen molar-refractivity contribution in [3.05, 3.63) is 42.4 Å². The van der Waals surface area contributed by atoms with Crippen molar-refractivity contribution in [1.82, 2.24) is 0 Å². The molecule has 1 saturated carbocycles. The lowest BCUT2D eigenvalue weighted by molar-refractivity contribution is 0.0996. The summed E-state index contributed by atoms with van der Waals surface area (Å²) in [5, 5.41) is 2.80. The average molecular weight is 396 g/mol. The molecule has 5 N–H and O–H groups in total. The van der Waals surface area contributed by atoms with Crippen molar-refractivity contribution >= 4 is 29.2 Å². The third kappa shape index (κ3) is 3.51. The molecule has 1 aromatic carbocycles. The third-order valence-electron chi connectivity index (χ3n) is 5.29. The van der Waals surface area contributed by atoms with Crippen molar-refractivity contribution in [2.45, 2.75) is 37.8 Å². The number of carbonyl (C=O) groups excluding carboxylic acids is 1. The van der Waals surface area contributed by atoms with Crippen molar-refractivity contribution < 1.29 is 13.9 Å². The number of hydrogen-bond donors (Lipinski definition) is 3. The smallest absolute Gasteiger partial charge is 0.291 e. The summed E-state index contributed by atoms with van der Waals surface area (Å²) in [5.74, 6) is 0.850. The van der Waals surface area contributed by atoms with Gasteiger partial charge in [0.1, 0.15) is 11.4 Å². The zero-order valence-corrected chi connectivity index (χ0v) is 16.2. The van der Waals surface area contributed by atoms with E-state index in [0.717, 1.165) is 37.8 Å². The molecule has 1 aliphatic heterocycles. The second-order valence-electron chi connectivity index (χ2n) is 7.13. The molecule has 0 saturated heterocycles. The monoisotopic (exact) mass is 396 g/mol. The lowest BCUT2D eigenvalue weighted by Gasteiger charge is -2.45. The van der Waals surface area contributed by atoms with Gasteiger partial charge in [-0.05, 0) is 49.9 Å². The first-order chi connectivity index (χ1) is 14.0. The summed E-state index contributed by atoms with van der Waals surface area (Å²) >= 11 is 0. The van der Waals surface area contributed by atoms with Gasteiger partial charge in [0.05, 0.1) is 24.7 Å². The zero-order valence-electron chi connectivity index (χ0n) is 16.2. The number of benzene rings is 1. The molecule has 9 heteroatoms. The Labute approximate surface area is 168 Å². The van der Waals surface area contributed by atoms with E-state index < -0.39 is 5.66 Å². The minimum atomic E-state index is -0.544. The summed E-state index contributed by atoms with van der Waals surface area (Å²) in [6.07, 6.45) is 6.35. The largest absolute Gasteiger partial charge is 0.494 e. The van der Waals surface area contributed by atoms with Gasteiger partial charge in [0.15, 0.2) is 5.76 Å². The lowest BCUT2D eigenvalue weighted by Crippen LogP contribution is -2.58. The number of anilines is 2. The Hall–Kier alpha value is -3.49. The number of hydrogen-bond acceptors (Lipinski definition) is 8. The Morgan fingerprint density at radius 3 is 2.72 bits per heavy atom. The predicted octanol–water partition coefficient (Wildman–Crippen LogP) is 2.65. The van der Waals surface area contributed by atoms with E-state index in [4.69, 9.17) is 20.6 Å². The van der Waals surface area contributed by atoms with Crippen molar-refractivity contribution in [2.75, 3.05) is 17.3 Å². The van der Waals surface area contributed by atoms with Crippen LogP contribution in [-0.4, -0.2) is 30.6 Å². The van der Waals surface area contributed by atoms with Crippen molar-refractivity contribution in [2.24, 2.45) is 21.5 Å². The molecule has 152 valence electrons. The van der Waals surface area contributed by atoms with Gasteiger partial charge in [0, 0.05) is 6.07 Å². The standard InChI is InChI=1S/C20H24N6O3/c1-28-16-12-13(7-8-14(16)23-17(27)15-6-5-11-29-15)26-19(22)24-18(21)25-20(26)9-3-2-4-10-20/h5-8,11-12H,2-4,9-10H2,1H3,(H,23,27)(H4,21,22,24,25). The van der Waals surface area contributed by atoms with Gasteiger partial charge < -0.3 is 25.9 Å². The Bertz CT molecular complexity index is 961. The molecule has 2 aliphatic rings. The molecule has 0 bridgehead atoms. The SMILES string of the molecule is COc1cc(N2C(N)=NC(N)=NC23CCCCC3)ccc1NC(=O)c1ccco1. The van der Waals surface area contributed by atoms with Gasteiger partial charge >= 0.3 is 0 Å². The van der Waals surface area contributed by atoms with Crippen LogP contribution in [-0.2, 0) is 0 Å². The first-order valence-corrected chi connectivity index (χ1v) is 9.55. The van der Waals surface area contributed by atoms with E-state index in [-0.39, 0.29) is 17.6 Å². The van der Waals surface area contributed by atoms with Gasteiger partial charge in [-0.15, -0.1) is 0 Å². The van der Waals surface area contributed by atoms with Crippen LogP contribution < -0.4 is 26.4 Å². The lowest BCUT2D eigenvalue weighted by atomic mass is 9.87. The molecule has 4 rings (SSSR count). The maximum atomic E-state index is 12.3. The highest BCUT2D eigenvalue weighted by Gasteiger charge is 2.42. The number of methoxy groups -OCH3 is 1. The molecular formula is C20H24N6O3. The molecular weight excluding hydrogens is 372 g/mol. The summed E-state index contributed by atoms with van der Waals surface area (Å²) in [6.45, 7) is 0. The Morgan fingerprint density at radius 1 is 1.24 bits per heavy atom. The molecule has 1 aromatic heterocycles. The van der Waals surface area contributed by atoms with Gasteiger partial charge in [-0.1, -0.05) is 6.42 Å². The van der Waals surface area contributed by atoms with E-state index >= 15 is 0 Å². The highest BCUT2D eigenvalue weighted by molar-refractivity contribution is 6.06. The molecule has 1 aliphatic carbocycles. The van der Waals surface area contributed by atoms with Crippen LogP contribution in [0.1, 0.15) is 42.7 Å². The minimum absolute atomic E-state index is 0.204. The van der Waals surface area contributed by atoms with Gasteiger partial charge in [-0.3, -0.25) is 9.69 Å². The summed E-state index contributed by atoms with van der Waals surface area (Å²) in [7, 11) is 1.54. The quantitative estimate of drug-likeness (QED) is 0.728. The van der Waals surface area contributed by atoms with Crippen LogP contribution in [0.3, 0.4) is 0 Å². The molecule has 9 nitrogen and oxygen atoms in total. The van der Waals surface area contributed by atoms with Crippen molar-refractivity contribution in [1.29, 1.82) is 0 Å². The number of nitrogens with zero attached hydrogens (tertiary/aromatic N) is 3. The molecule has 2 heterocycles. The van der Waals surface area contributed by atoms with E-state index in [1.165, 1.54) is 6.26 Å². The molecule has 2 aromatic rings. The number of carbonyl (C=O) groups is 1. The zero-order chi connectivity index (χ0) is 20.4. The number of nitrogens with one attached hydrogen (secondary N) is 1. The third-order valence-corrected chi connectivity index (χ3v) is 5.29. The van der Waals surface area contributed by atoms with Crippen molar-refractivity contribution in [3.8, 4) is 5.75 Å². The van der Waals surface area contributed by atoms with Gasteiger partial charge in [-0.2, -0.15) is 4.99 Å². The van der Waals surface area contributed by atoms with Crippen LogP contribution >= 0.6 is 0 Å². The van der Waals surface area contributed by atoms with E-state index in [1.54, 1.807) is 25.3 Å². The predicted molar refractivity (Wildman–Crippen MR) is 111 cm³/mol. The Morgan fingerprint density at radius 2 is 2.03 bits per heavy atom. The van der Waals surface area contributed by atoms with E-state index in [1.807, 2.05) is 17.0 Å². The molecule has 0 unspecified atom stereocenters.